The van der Waals surface area contributed by atoms with Gasteiger partial charge in [-0.05, 0) is 31.2 Å². The zero-order valence-electron chi connectivity index (χ0n) is 11.7. The van der Waals surface area contributed by atoms with Crippen molar-refractivity contribution in [2.75, 3.05) is 13.7 Å². The van der Waals surface area contributed by atoms with Crippen molar-refractivity contribution in [3.63, 3.8) is 0 Å². The van der Waals surface area contributed by atoms with Gasteiger partial charge in [0.05, 0.1) is 17.3 Å². The first-order valence-electron chi connectivity index (χ1n) is 6.36. The molecule has 1 heterocycles. The Hall–Kier alpha value is -1.65. The number of likely N-dealkylation sites (N-methyl/N-ethyl adjacent to an activating group) is 1. The van der Waals surface area contributed by atoms with E-state index < -0.39 is 0 Å². The lowest BCUT2D eigenvalue weighted by atomic mass is 10.2. The van der Waals surface area contributed by atoms with Gasteiger partial charge in [-0.15, -0.1) is 0 Å². The Balaban J connectivity index is 1.96. The highest BCUT2D eigenvalue weighted by molar-refractivity contribution is 6.34. The zero-order valence-corrected chi connectivity index (χ0v) is 13.2. The normalized spacial score (nSPS) is 12.0. The summed E-state index contributed by atoms with van der Waals surface area (Å²) in [6, 6.07) is 8.29. The molecule has 6 heteroatoms. The van der Waals surface area contributed by atoms with Crippen LogP contribution in [-0.2, 0) is 4.79 Å². The van der Waals surface area contributed by atoms with E-state index in [0.717, 1.165) is 0 Å². The number of hydrogen-bond donors (Lipinski definition) is 0. The Morgan fingerprint density at radius 3 is 2.81 bits per heavy atom. The molecular formula is C15H15Cl2NO3. The highest BCUT2D eigenvalue weighted by Gasteiger charge is 2.20. The van der Waals surface area contributed by atoms with E-state index in [2.05, 4.69) is 0 Å². The maximum Gasteiger partial charge on any atom is 0.260 e. The summed E-state index contributed by atoms with van der Waals surface area (Å²) in [4.78, 5) is 13.7. The van der Waals surface area contributed by atoms with Gasteiger partial charge in [0.1, 0.15) is 11.5 Å². The fourth-order valence-electron chi connectivity index (χ4n) is 1.76. The Kier molecular flexibility index (Phi) is 5.15. The third-order valence-electron chi connectivity index (χ3n) is 3.17. The van der Waals surface area contributed by atoms with Crippen molar-refractivity contribution < 1.29 is 13.9 Å². The predicted octanol–water partition coefficient (Wildman–Crippen LogP) is 4.18. The second-order valence-corrected chi connectivity index (χ2v) is 5.40. The molecule has 21 heavy (non-hydrogen) atoms. The maximum atomic E-state index is 12.1. The summed E-state index contributed by atoms with van der Waals surface area (Å²) in [5, 5.41) is 0.910. The molecular weight excluding hydrogens is 313 g/mol. The molecule has 0 aliphatic carbocycles. The Bertz CT molecular complexity index is 613. The minimum absolute atomic E-state index is 0.123. The second-order valence-electron chi connectivity index (χ2n) is 4.56. The summed E-state index contributed by atoms with van der Waals surface area (Å²) >= 11 is 11.8. The third kappa shape index (κ3) is 3.93. The number of nitrogens with zero attached hydrogens (tertiary/aromatic N) is 1. The summed E-state index contributed by atoms with van der Waals surface area (Å²) in [7, 11) is 1.69. The van der Waals surface area contributed by atoms with Crippen LogP contribution in [0.4, 0.5) is 0 Å². The average molecular weight is 328 g/mol. The molecule has 1 aromatic heterocycles. The number of ether oxygens (including phenoxy) is 1. The van der Waals surface area contributed by atoms with E-state index in [0.29, 0.717) is 21.6 Å². The van der Waals surface area contributed by atoms with Crippen LogP contribution in [0.3, 0.4) is 0 Å². The average Bonchev–Trinajstić information content (AvgIpc) is 3.00. The van der Waals surface area contributed by atoms with Crippen LogP contribution in [0.25, 0.3) is 0 Å². The summed E-state index contributed by atoms with van der Waals surface area (Å²) in [6.07, 6.45) is 1.58. The maximum absolute atomic E-state index is 12.1. The van der Waals surface area contributed by atoms with Crippen LogP contribution < -0.4 is 4.74 Å². The summed E-state index contributed by atoms with van der Waals surface area (Å²) in [5.74, 6) is 0.915. The summed E-state index contributed by atoms with van der Waals surface area (Å²) in [6.45, 7) is 1.75. The van der Waals surface area contributed by atoms with Crippen molar-refractivity contribution in [2.45, 2.75) is 13.0 Å². The first kappa shape index (κ1) is 15.7. The molecule has 0 aliphatic heterocycles. The number of rotatable bonds is 5. The SMILES string of the molecule is CC(c1ccco1)N(C)C(=O)COc1cc(Cl)ccc1Cl. The minimum Gasteiger partial charge on any atom is -0.482 e. The van der Waals surface area contributed by atoms with E-state index in [1.54, 1.807) is 42.5 Å². The molecule has 112 valence electrons. The minimum atomic E-state index is -0.185. The molecule has 2 aromatic rings. The highest BCUT2D eigenvalue weighted by atomic mass is 35.5. The van der Waals surface area contributed by atoms with E-state index in [9.17, 15) is 4.79 Å². The number of hydrogen-bond acceptors (Lipinski definition) is 3. The van der Waals surface area contributed by atoms with Crippen molar-refractivity contribution in [3.8, 4) is 5.75 Å². The van der Waals surface area contributed by atoms with Gasteiger partial charge in [0, 0.05) is 18.1 Å². The van der Waals surface area contributed by atoms with Gasteiger partial charge in [0.25, 0.3) is 5.91 Å². The van der Waals surface area contributed by atoms with Crippen LogP contribution in [0.1, 0.15) is 18.7 Å². The topological polar surface area (TPSA) is 42.7 Å². The van der Waals surface area contributed by atoms with E-state index in [4.69, 9.17) is 32.4 Å². The standard InChI is InChI=1S/C15H15Cl2NO3/c1-10(13-4-3-7-20-13)18(2)15(19)9-21-14-8-11(16)5-6-12(14)17/h3-8,10H,9H2,1-2H3. The van der Waals surface area contributed by atoms with Crippen molar-refractivity contribution in [3.05, 3.63) is 52.4 Å². The van der Waals surface area contributed by atoms with Gasteiger partial charge in [-0.2, -0.15) is 0 Å². The van der Waals surface area contributed by atoms with Gasteiger partial charge in [-0.1, -0.05) is 23.2 Å². The molecule has 1 unspecified atom stereocenters. The first-order valence-corrected chi connectivity index (χ1v) is 7.11. The smallest absolute Gasteiger partial charge is 0.260 e. The van der Waals surface area contributed by atoms with E-state index >= 15 is 0 Å². The fourth-order valence-corrected chi connectivity index (χ4v) is 2.10. The van der Waals surface area contributed by atoms with Crippen LogP contribution in [0, 0.1) is 0 Å². The van der Waals surface area contributed by atoms with E-state index in [1.165, 1.54) is 0 Å². The molecule has 1 atom stereocenters. The molecule has 0 aliphatic rings. The molecule has 4 nitrogen and oxygen atoms in total. The quantitative estimate of drug-likeness (QED) is 0.827. The molecule has 2 rings (SSSR count). The van der Waals surface area contributed by atoms with Gasteiger partial charge in [0.15, 0.2) is 6.61 Å². The molecule has 0 saturated carbocycles. The Morgan fingerprint density at radius 2 is 2.14 bits per heavy atom. The number of carbonyl (C=O) groups is 1. The lowest BCUT2D eigenvalue weighted by Gasteiger charge is -2.23. The van der Waals surface area contributed by atoms with Crippen molar-refractivity contribution >= 4 is 29.1 Å². The Labute approximate surface area is 133 Å². The van der Waals surface area contributed by atoms with Gasteiger partial charge < -0.3 is 14.1 Å². The number of halogens is 2. The zero-order chi connectivity index (χ0) is 15.4. The third-order valence-corrected chi connectivity index (χ3v) is 3.72. The molecule has 0 bridgehead atoms. The van der Waals surface area contributed by atoms with E-state index in [-0.39, 0.29) is 18.6 Å². The fraction of sp³-hybridized carbons (Fsp3) is 0.267. The lowest BCUT2D eigenvalue weighted by Crippen LogP contribution is -2.33. The molecule has 1 aromatic carbocycles. The van der Waals surface area contributed by atoms with E-state index in [1.807, 2.05) is 13.0 Å². The number of carbonyl (C=O) groups excluding carboxylic acids is 1. The van der Waals surface area contributed by atoms with Crippen LogP contribution >= 0.6 is 23.2 Å². The van der Waals surface area contributed by atoms with Crippen molar-refractivity contribution in [1.29, 1.82) is 0 Å². The first-order chi connectivity index (χ1) is 9.99. The highest BCUT2D eigenvalue weighted by Crippen LogP contribution is 2.28. The van der Waals surface area contributed by atoms with Crippen LogP contribution in [-0.4, -0.2) is 24.5 Å². The molecule has 0 spiro atoms. The molecule has 1 amide bonds. The van der Waals surface area contributed by atoms with Gasteiger partial charge in [0.2, 0.25) is 0 Å². The number of furan rings is 1. The molecule has 0 N–H and O–H groups in total. The monoisotopic (exact) mass is 327 g/mol. The van der Waals surface area contributed by atoms with Crippen molar-refractivity contribution in [1.82, 2.24) is 4.90 Å². The van der Waals surface area contributed by atoms with Gasteiger partial charge >= 0.3 is 0 Å². The predicted molar refractivity (Wildman–Crippen MR) is 81.9 cm³/mol. The van der Waals surface area contributed by atoms with Gasteiger partial charge in [-0.3, -0.25) is 4.79 Å². The van der Waals surface area contributed by atoms with Crippen LogP contribution in [0.15, 0.2) is 41.0 Å². The van der Waals surface area contributed by atoms with Gasteiger partial charge in [-0.25, -0.2) is 0 Å². The van der Waals surface area contributed by atoms with Crippen molar-refractivity contribution in [2.24, 2.45) is 0 Å². The second kappa shape index (κ2) is 6.87. The van der Waals surface area contributed by atoms with Crippen LogP contribution in [0.2, 0.25) is 10.0 Å². The van der Waals surface area contributed by atoms with Crippen LogP contribution in [0.5, 0.6) is 5.75 Å². The molecule has 0 fully saturated rings. The Morgan fingerprint density at radius 1 is 1.38 bits per heavy atom. The largest absolute Gasteiger partial charge is 0.482 e. The molecule has 0 radical (unpaired) electrons. The summed E-state index contributed by atoms with van der Waals surface area (Å²) < 4.78 is 10.7. The number of amides is 1. The molecule has 0 saturated heterocycles. The number of benzene rings is 1. The summed E-state index contributed by atoms with van der Waals surface area (Å²) in [5.41, 5.74) is 0. The lowest BCUT2D eigenvalue weighted by molar-refractivity contribution is -0.134.